The molecule has 108 valence electrons. The lowest BCUT2D eigenvalue weighted by atomic mass is 10.1. The third-order valence-electron chi connectivity index (χ3n) is 3.42. The van der Waals surface area contributed by atoms with E-state index in [-0.39, 0.29) is 16.9 Å². The highest BCUT2D eigenvalue weighted by Gasteiger charge is 2.07. The van der Waals surface area contributed by atoms with Crippen molar-refractivity contribution in [3.63, 3.8) is 0 Å². The molecule has 0 aromatic heterocycles. The maximum absolute atomic E-state index is 13.3. The zero-order valence-corrected chi connectivity index (χ0v) is 12.8. The number of halogens is 2. The van der Waals surface area contributed by atoms with Crippen molar-refractivity contribution in [3.8, 4) is 0 Å². The fourth-order valence-electron chi connectivity index (χ4n) is 2.12. The van der Waals surface area contributed by atoms with Gasteiger partial charge in [0.15, 0.2) is 0 Å². The highest BCUT2D eigenvalue weighted by atomic mass is 35.5. The molecule has 1 nitrogen and oxygen atoms in total. The molecule has 0 heterocycles. The quantitative estimate of drug-likeness (QED) is 0.592. The van der Waals surface area contributed by atoms with Crippen LogP contribution in [0.25, 0.3) is 0 Å². The second-order valence-corrected chi connectivity index (χ2v) is 5.52. The summed E-state index contributed by atoms with van der Waals surface area (Å²) < 4.78 is 13.3. The molecule has 19 heavy (non-hydrogen) atoms. The minimum atomic E-state index is -0.340. The average Bonchev–Trinajstić information content (AvgIpc) is 2.40. The summed E-state index contributed by atoms with van der Waals surface area (Å²) in [5.74, 6) is -0.340. The molecule has 0 bridgehead atoms. The van der Waals surface area contributed by atoms with Gasteiger partial charge < -0.3 is 5.32 Å². The van der Waals surface area contributed by atoms with Gasteiger partial charge in [0.1, 0.15) is 5.82 Å². The molecule has 1 aromatic rings. The van der Waals surface area contributed by atoms with Crippen LogP contribution in [0.4, 0.5) is 4.39 Å². The lowest BCUT2D eigenvalue weighted by molar-refractivity contribution is 0.524. The largest absolute Gasteiger partial charge is 0.310 e. The molecular formula is C16H25ClFN. The van der Waals surface area contributed by atoms with E-state index >= 15 is 0 Å². The van der Waals surface area contributed by atoms with E-state index in [2.05, 4.69) is 19.2 Å². The SMILES string of the molecule is CCCCCCCCNC(C)c1ccc(Cl)c(F)c1. The van der Waals surface area contributed by atoms with Crippen LogP contribution < -0.4 is 5.32 Å². The summed E-state index contributed by atoms with van der Waals surface area (Å²) in [6, 6.07) is 5.18. The van der Waals surface area contributed by atoms with Crippen LogP contribution in [-0.2, 0) is 0 Å². The fourth-order valence-corrected chi connectivity index (χ4v) is 2.24. The first-order chi connectivity index (χ1) is 9.15. The standard InChI is InChI=1S/C16H25ClFN/c1-3-4-5-6-7-8-11-19-13(2)14-9-10-15(17)16(18)12-14/h9-10,12-13,19H,3-8,11H2,1-2H3. The van der Waals surface area contributed by atoms with Crippen molar-refractivity contribution in [2.24, 2.45) is 0 Å². The van der Waals surface area contributed by atoms with E-state index in [4.69, 9.17) is 11.6 Å². The third kappa shape index (κ3) is 6.40. The number of rotatable bonds is 9. The van der Waals surface area contributed by atoms with Crippen molar-refractivity contribution >= 4 is 11.6 Å². The Bertz CT molecular complexity index is 368. The van der Waals surface area contributed by atoms with Crippen molar-refractivity contribution in [2.45, 2.75) is 58.4 Å². The summed E-state index contributed by atoms with van der Waals surface area (Å²) in [5, 5.41) is 3.61. The summed E-state index contributed by atoms with van der Waals surface area (Å²) in [4.78, 5) is 0. The Morgan fingerprint density at radius 1 is 1.16 bits per heavy atom. The van der Waals surface area contributed by atoms with Gasteiger partial charge in [0.05, 0.1) is 5.02 Å². The molecule has 0 saturated carbocycles. The monoisotopic (exact) mass is 285 g/mol. The van der Waals surface area contributed by atoms with Crippen LogP contribution in [0.3, 0.4) is 0 Å². The highest BCUT2D eigenvalue weighted by molar-refractivity contribution is 6.30. The van der Waals surface area contributed by atoms with Gasteiger partial charge in [0, 0.05) is 6.04 Å². The maximum atomic E-state index is 13.3. The zero-order chi connectivity index (χ0) is 14.1. The minimum absolute atomic E-state index is 0.169. The van der Waals surface area contributed by atoms with E-state index in [0.29, 0.717) is 0 Å². The van der Waals surface area contributed by atoms with Gasteiger partial charge >= 0.3 is 0 Å². The second kappa shape index (κ2) is 9.33. The third-order valence-corrected chi connectivity index (χ3v) is 3.73. The molecule has 1 atom stereocenters. The van der Waals surface area contributed by atoms with E-state index in [1.54, 1.807) is 6.07 Å². The molecule has 0 amide bonds. The Morgan fingerprint density at radius 2 is 1.84 bits per heavy atom. The molecule has 0 saturated heterocycles. The van der Waals surface area contributed by atoms with Crippen LogP contribution in [0.2, 0.25) is 5.02 Å². The Kier molecular flexibility index (Phi) is 8.08. The van der Waals surface area contributed by atoms with Gasteiger partial charge in [-0.15, -0.1) is 0 Å². The molecule has 0 radical (unpaired) electrons. The molecule has 0 aliphatic heterocycles. The zero-order valence-electron chi connectivity index (χ0n) is 12.0. The first-order valence-corrected chi connectivity index (χ1v) is 7.71. The number of nitrogens with one attached hydrogen (secondary N) is 1. The Morgan fingerprint density at radius 3 is 2.53 bits per heavy atom. The van der Waals surface area contributed by atoms with E-state index in [1.165, 1.54) is 44.6 Å². The Hall–Kier alpha value is -0.600. The second-order valence-electron chi connectivity index (χ2n) is 5.12. The fraction of sp³-hybridized carbons (Fsp3) is 0.625. The van der Waals surface area contributed by atoms with Crippen molar-refractivity contribution < 1.29 is 4.39 Å². The molecule has 3 heteroatoms. The molecule has 0 aliphatic carbocycles. The maximum Gasteiger partial charge on any atom is 0.142 e. The Balaban J connectivity index is 2.20. The predicted octanol–water partition coefficient (Wildman–Crippen LogP) is 5.49. The summed E-state index contributed by atoms with van der Waals surface area (Å²) in [6.07, 6.45) is 7.75. The van der Waals surface area contributed by atoms with Crippen LogP contribution in [0.5, 0.6) is 0 Å². The van der Waals surface area contributed by atoms with E-state index < -0.39 is 0 Å². The van der Waals surface area contributed by atoms with Crippen LogP contribution in [0.1, 0.15) is 64.0 Å². The number of hydrogen-bond donors (Lipinski definition) is 1. The molecule has 0 spiro atoms. The van der Waals surface area contributed by atoms with Crippen LogP contribution in [0, 0.1) is 5.82 Å². The van der Waals surface area contributed by atoms with Gasteiger partial charge in [0.2, 0.25) is 0 Å². The highest BCUT2D eigenvalue weighted by Crippen LogP contribution is 2.20. The first kappa shape index (κ1) is 16.5. The van der Waals surface area contributed by atoms with E-state index in [0.717, 1.165) is 12.1 Å². The minimum Gasteiger partial charge on any atom is -0.310 e. The summed E-state index contributed by atoms with van der Waals surface area (Å²) >= 11 is 5.68. The molecule has 1 unspecified atom stereocenters. The number of benzene rings is 1. The molecule has 0 aliphatic rings. The first-order valence-electron chi connectivity index (χ1n) is 7.33. The molecular weight excluding hydrogens is 261 g/mol. The average molecular weight is 286 g/mol. The van der Waals surface area contributed by atoms with Crippen LogP contribution in [0.15, 0.2) is 18.2 Å². The lowest BCUT2D eigenvalue weighted by Crippen LogP contribution is -2.19. The van der Waals surface area contributed by atoms with Crippen molar-refractivity contribution in [2.75, 3.05) is 6.54 Å². The van der Waals surface area contributed by atoms with Gasteiger partial charge in [-0.1, -0.05) is 56.7 Å². The Labute approximate surface area is 121 Å². The van der Waals surface area contributed by atoms with Gasteiger partial charge in [-0.2, -0.15) is 0 Å². The van der Waals surface area contributed by atoms with Crippen molar-refractivity contribution in [3.05, 3.63) is 34.6 Å². The molecule has 0 fully saturated rings. The van der Waals surface area contributed by atoms with Crippen molar-refractivity contribution in [1.29, 1.82) is 0 Å². The molecule has 1 rings (SSSR count). The number of hydrogen-bond acceptors (Lipinski definition) is 1. The summed E-state index contributed by atoms with van der Waals surface area (Å²) in [5.41, 5.74) is 0.952. The van der Waals surface area contributed by atoms with Gasteiger partial charge in [-0.25, -0.2) is 4.39 Å². The smallest absolute Gasteiger partial charge is 0.142 e. The summed E-state index contributed by atoms with van der Waals surface area (Å²) in [6.45, 7) is 5.27. The molecule has 1 aromatic carbocycles. The van der Waals surface area contributed by atoms with Gasteiger partial charge in [-0.3, -0.25) is 0 Å². The predicted molar refractivity (Wildman–Crippen MR) is 81.2 cm³/mol. The van der Waals surface area contributed by atoms with E-state index in [9.17, 15) is 4.39 Å². The van der Waals surface area contributed by atoms with E-state index in [1.807, 2.05) is 6.07 Å². The lowest BCUT2D eigenvalue weighted by Gasteiger charge is -2.14. The molecule has 1 N–H and O–H groups in total. The van der Waals surface area contributed by atoms with Gasteiger partial charge in [0.25, 0.3) is 0 Å². The van der Waals surface area contributed by atoms with Crippen molar-refractivity contribution in [1.82, 2.24) is 5.32 Å². The van der Waals surface area contributed by atoms with Gasteiger partial charge in [-0.05, 0) is 37.6 Å². The summed E-state index contributed by atoms with van der Waals surface area (Å²) in [7, 11) is 0. The van der Waals surface area contributed by atoms with Crippen LogP contribution >= 0.6 is 11.6 Å². The van der Waals surface area contributed by atoms with Crippen LogP contribution in [-0.4, -0.2) is 6.54 Å². The topological polar surface area (TPSA) is 12.0 Å². The normalized spacial score (nSPS) is 12.6. The number of unbranched alkanes of at least 4 members (excludes halogenated alkanes) is 5.